The lowest BCUT2D eigenvalue weighted by Gasteiger charge is -2.06. The standard InChI is InChI=1S/C9H16ClN3/c1-2-13-8-7-12-9(13)11-6-4-3-5-10/h7-8H,2-6H2,1H3,(H,11,12). The second-order valence-electron chi connectivity index (χ2n) is 2.86. The highest BCUT2D eigenvalue weighted by Gasteiger charge is 1.97. The van der Waals surface area contributed by atoms with E-state index in [2.05, 4.69) is 21.8 Å². The topological polar surface area (TPSA) is 29.9 Å². The van der Waals surface area contributed by atoms with Gasteiger partial charge in [-0.2, -0.15) is 0 Å². The van der Waals surface area contributed by atoms with Gasteiger partial charge in [0.2, 0.25) is 5.95 Å². The van der Waals surface area contributed by atoms with Crippen molar-refractivity contribution in [1.82, 2.24) is 9.55 Å². The summed E-state index contributed by atoms with van der Waals surface area (Å²) in [7, 11) is 0. The van der Waals surface area contributed by atoms with Crippen molar-refractivity contribution in [1.29, 1.82) is 0 Å². The van der Waals surface area contributed by atoms with Crippen LogP contribution in [0.15, 0.2) is 12.4 Å². The van der Waals surface area contributed by atoms with Gasteiger partial charge in [-0.05, 0) is 19.8 Å². The SMILES string of the molecule is CCn1ccnc1NCCCCCl. The Hall–Kier alpha value is -0.700. The molecule has 1 aromatic rings. The van der Waals surface area contributed by atoms with Crippen LogP contribution in [0.5, 0.6) is 0 Å². The first-order chi connectivity index (χ1) is 6.38. The number of unbranched alkanes of at least 4 members (excludes halogenated alkanes) is 1. The molecule has 0 fully saturated rings. The second kappa shape index (κ2) is 5.86. The van der Waals surface area contributed by atoms with Gasteiger partial charge in [-0.15, -0.1) is 11.6 Å². The normalized spacial score (nSPS) is 10.3. The Morgan fingerprint density at radius 1 is 1.54 bits per heavy atom. The molecule has 0 bridgehead atoms. The first-order valence-corrected chi connectivity index (χ1v) is 5.23. The minimum Gasteiger partial charge on any atom is -0.356 e. The average Bonchev–Trinajstić information content (AvgIpc) is 2.60. The number of aromatic nitrogens is 2. The van der Waals surface area contributed by atoms with Crippen molar-refractivity contribution in [3.63, 3.8) is 0 Å². The van der Waals surface area contributed by atoms with Crippen molar-refractivity contribution in [3.8, 4) is 0 Å². The van der Waals surface area contributed by atoms with E-state index in [1.165, 1.54) is 0 Å². The summed E-state index contributed by atoms with van der Waals surface area (Å²) in [5.74, 6) is 1.70. The minimum absolute atomic E-state index is 0.740. The summed E-state index contributed by atoms with van der Waals surface area (Å²) < 4.78 is 2.08. The number of imidazole rings is 1. The summed E-state index contributed by atoms with van der Waals surface area (Å²) in [6.45, 7) is 4.01. The quantitative estimate of drug-likeness (QED) is 0.566. The highest BCUT2D eigenvalue weighted by molar-refractivity contribution is 6.17. The molecule has 1 rings (SSSR count). The van der Waals surface area contributed by atoms with E-state index in [9.17, 15) is 0 Å². The molecule has 0 aliphatic heterocycles. The molecule has 1 heterocycles. The Morgan fingerprint density at radius 3 is 3.08 bits per heavy atom. The van der Waals surface area contributed by atoms with Crippen LogP contribution < -0.4 is 5.32 Å². The Balaban J connectivity index is 2.27. The number of alkyl halides is 1. The van der Waals surface area contributed by atoms with Crippen molar-refractivity contribution < 1.29 is 0 Å². The molecule has 74 valence electrons. The molecule has 0 saturated carbocycles. The largest absolute Gasteiger partial charge is 0.356 e. The Labute approximate surface area is 84.1 Å². The third-order valence-corrected chi connectivity index (χ3v) is 2.17. The number of rotatable bonds is 6. The van der Waals surface area contributed by atoms with Crippen molar-refractivity contribution in [2.75, 3.05) is 17.7 Å². The molecule has 0 saturated heterocycles. The van der Waals surface area contributed by atoms with Crippen LogP contribution in [0.1, 0.15) is 19.8 Å². The molecule has 0 radical (unpaired) electrons. The van der Waals surface area contributed by atoms with E-state index >= 15 is 0 Å². The molecule has 0 unspecified atom stereocenters. The predicted molar refractivity (Wildman–Crippen MR) is 56.3 cm³/mol. The predicted octanol–water partition coefficient (Wildman–Crippen LogP) is 2.33. The molecule has 13 heavy (non-hydrogen) atoms. The summed E-state index contributed by atoms with van der Waals surface area (Å²) in [5, 5.41) is 3.27. The molecule has 0 amide bonds. The zero-order valence-electron chi connectivity index (χ0n) is 7.96. The van der Waals surface area contributed by atoms with Crippen LogP contribution in [0, 0.1) is 0 Å². The number of halogens is 1. The Kier molecular flexibility index (Phi) is 4.68. The summed E-state index contributed by atoms with van der Waals surface area (Å²) in [4.78, 5) is 4.20. The number of hydrogen-bond acceptors (Lipinski definition) is 2. The Morgan fingerprint density at radius 2 is 2.38 bits per heavy atom. The number of hydrogen-bond donors (Lipinski definition) is 1. The lowest BCUT2D eigenvalue weighted by molar-refractivity contribution is 0.752. The van der Waals surface area contributed by atoms with E-state index < -0.39 is 0 Å². The fourth-order valence-electron chi connectivity index (χ4n) is 1.15. The molecule has 1 aromatic heterocycles. The van der Waals surface area contributed by atoms with Gasteiger partial charge in [-0.1, -0.05) is 0 Å². The molecule has 0 aliphatic rings. The zero-order valence-corrected chi connectivity index (χ0v) is 8.72. The summed E-state index contributed by atoms with van der Waals surface area (Å²) in [6.07, 6.45) is 5.94. The van der Waals surface area contributed by atoms with Crippen LogP contribution >= 0.6 is 11.6 Å². The Bertz CT molecular complexity index is 235. The van der Waals surface area contributed by atoms with E-state index in [0.29, 0.717) is 0 Å². The van der Waals surface area contributed by atoms with Crippen LogP contribution in [0.4, 0.5) is 5.95 Å². The smallest absolute Gasteiger partial charge is 0.202 e. The van der Waals surface area contributed by atoms with Gasteiger partial charge in [0.25, 0.3) is 0 Å². The van der Waals surface area contributed by atoms with Gasteiger partial charge in [0.15, 0.2) is 0 Å². The number of anilines is 1. The molecular weight excluding hydrogens is 186 g/mol. The average molecular weight is 202 g/mol. The molecule has 0 atom stereocenters. The van der Waals surface area contributed by atoms with Gasteiger partial charge in [0.05, 0.1) is 0 Å². The molecule has 0 aliphatic carbocycles. The lowest BCUT2D eigenvalue weighted by Crippen LogP contribution is -2.07. The first-order valence-electron chi connectivity index (χ1n) is 4.69. The number of aryl methyl sites for hydroxylation is 1. The number of nitrogens with one attached hydrogen (secondary N) is 1. The van der Waals surface area contributed by atoms with Crippen LogP contribution in [-0.2, 0) is 6.54 Å². The second-order valence-corrected chi connectivity index (χ2v) is 3.24. The zero-order chi connectivity index (χ0) is 9.52. The highest BCUT2D eigenvalue weighted by Crippen LogP contribution is 2.03. The third-order valence-electron chi connectivity index (χ3n) is 1.90. The van der Waals surface area contributed by atoms with Crippen molar-refractivity contribution in [2.24, 2.45) is 0 Å². The summed E-state index contributed by atoms with van der Waals surface area (Å²) >= 11 is 5.57. The van der Waals surface area contributed by atoms with E-state index in [1.807, 2.05) is 12.4 Å². The molecule has 4 heteroatoms. The van der Waals surface area contributed by atoms with Crippen LogP contribution in [0.25, 0.3) is 0 Å². The maximum atomic E-state index is 5.57. The van der Waals surface area contributed by atoms with Crippen molar-refractivity contribution in [2.45, 2.75) is 26.3 Å². The van der Waals surface area contributed by atoms with E-state index in [-0.39, 0.29) is 0 Å². The summed E-state index contributed by atoms with van der Waals surface area (Å²) in [6, 6.07) is 0. The molecular formula is C9H16ClN3. The van der Waals surface area contributed by atoms with Gasteiger partial charge < -0.3 is 9.88 Å². The van der Waals surface area contributed by atoms with E-state index in [0.717, 1.165) is 37.8 Å². The van der Waals surface area contributed by atoms with Gasteiger partial charge in [-0.25, -0.2) is 4.98 Å². The maximum absolute atomic E-state index is 5.57. The van der Waals surface area contributed by atoms with E-state index in [1.54, 1.807) is 0 Å². The fraction of sp³-hybridized carbons (Fsp3) is 0.667. The third kappa shape index (κ3) is 3.27. The molecule has 0 aromatic carbocycles. The minimum atomic E-state index is 0.740. The fourth-order valence-corrected chi connectivity index (χ4v) is 1.34. The number of nitrogens with zero attached hydrogens (tertiary/aromatic N) is 2. The lowest BCUT2D eigenvalue weighted by atomic mass is 10.3. The van der Waals surface area contributed by atoms with Crippen LogP contribution in [-0.4, -0.2) is 22.0 Å². The first kappa shape index (κ1) is 10.4. The van der Waals surface area contributed by atoms with Gasteiger partial charge >= 0.3 is 0 Å². The molecule has 3 nitrogen and oxygen atoms in total. The molecule has 1 N–H and O–H groups in total. The van der Waals surface area contributed by atoms with Gasteiger partial charge in [-0.3, -0.25) is 0 Å². The highest BCUT2D eigenvalue weighted by atomic mass is 35.5. The van der Waals surface area contributed by atoms with Crippen LogP contribution in [0.3, 0.4) is 0 Å². The van der Waals surface area contributed by atoms with Crippen molar-refractivity contribution in [3.05, 3.63) is 12.4 Å². The van der Waals surface area contributed by atoms with Crippen LogP contribution in [0.2, 0.25) is 0 Å². The van der Waals surface area contributed by atoms with Gasteiger partial charge in [0.1, 0.15) is 0 Å². The monoisotopic (exact) mass is 201 g/mol. The maximum Gasteiger partial charge on any atom is 0.202 e. The molecule has 0 spiro atoms. The van der Waals surface area contributed by atoms with Crippen molar-refractivity contribution >= 4 is 17.5 Å². The summed E-state index contributed by atoms with van der Waals surface area (Å²) in [5.41, 5.74) is 0. The van der Waals surface area contributed by atoms with Gasteiger partial charge in [0, 0.05) is 31.4 Å². The van der Waals surface area contributed by atoms with E-state index in [4.69, 9.17) is 11.6 Å².